The highest BCUT2D eigenvalue weighted by atomic mass is 35.5. The third-order valence-electron chi connectivity index (χ3n) is 5.38. The van der Waals surface area contributed by atoms with E-state index in [2.05, 4.69) is 5.32 Å². The van der Waals surface area contributed by atoms with E-state index in [9.17, 15) is 13.2 Å². The van der Waals surface area contributed by atoms with Crippen molar-refractivity contribution in [2.24, 2.45) is 0 Å². The van der Waals surface area contributed by atoms with Crippen LogP contribution in [0.4, 0.5) is 5.69 Å². The van der Waals surface area contributed by atoms with Gasteiger partial charge in [-0.25, -0.2) is 8.42 Å². The van der Waals surface area contributed by atoms with Gasteiger partial charge in [-0.2, -0.15) is 4.31 Å². The zero-order valence-electron chi connectivity index (χ0n) is 16.5. The summed E-state index contributed by atoms with van der Waals surface area (Å²) in [6, 6.07) is 17.9. The first-order valence-corrected chi connectivity index (χ1v) is 11.9. The summed E-state index contributed by atoms with van der Waals surface area (Å²) < 4.78 is 27.8. The van der Waals surface area contributed by atoms with Gasteiger partial charge in [-0.3, -0.25) is 4.79 Å². The molecule has 4 rings (SSSR count). The Morgan fingerprint density at radius 1 is 0.867 bits per heavy atom. The lowest BCUT2D eigenvalue weighted by Gasteiger charge is -2.21. The first kappa shape index (κ1) is 20.8. The van der Waals surface area contributed by atoms with Crippen molar-refractivity contribution < 1.29 is 13.2 Å². The number of anilines is 1. The Morgan fingerprint density at radius 2 is 1.57 bits per heavy atom. The van der Waals surface area contributed by atoms with E-state index in [0.717, 1.165) is 36.5 Å². The molecule has 30 heavy (non-hydrogen) atoms. The number of amides is 1. The fourth-order valence-corrected chi connectivity index (χ4v) is 5.75. The molecule has 0 atom stereocenters. The predicted octanol–water partition coefficient (Wildman–Crippen LogP) is 5.31. The lowest BCUT2D eigenvalue weighted by Crippen LogP contribution is -2.32. The van der Waals surface area contributed by atoms with Gasteiger partial charge in [-0.05, 0) is 53.9 Å². The van der Waals surface area contributed by atoms with Crippen LogP contribution in [0.15, 0.2) is 65.6 Å². The second-order valence-electron chi connectivity index (χ2n) is 7.48. The molecule has 1 aliphatic rings. The largest absolute Gasteiger partial charge is 0.322 e. The maximum absolute atomic E-state index is 13.2. The molecule has 0 spiro atoms. The fraction of sp³-hybridized carbons (Fsp3) is 0.261. The molecule has 0 bridgehead atoms. The molecule has 1 amide bonds. The standard InChI is InChI=1S/C23H23ClN2O3S/c24-21-12-10-19(16-22(21)30(28,29)26-13-5-1-2-6-14-26)23(27)25-20-11-9-17-7-3-4-8-18(17)15-20/h3-4,7-12,15-16H,1-2,5-6,13-14H2,(H,25,27). The first-order valence-electron chi connectivity index (χ1n) is 10.0. The van der Waals surface area contributed by atoms with Gasteiger partial charge in [0.05, 0.1) is 5.02 Å². The topological polar surface area (TPSA) is 66.5 Å². The Labute approximate surface area is 181 Å². The molecule has 5 nitrogen and oxygen atoms in total. The summed E-state index contributed by atoms with van der Waals surface area (Å²) in [4.78, 5) is 12.8. The number of halogens is 1. The van der Waals surface area contributed by atoms with E-state index in [0.29, 0.717) is 18.8 Å². The molecule has 0 unspecified atom stereocenters. The summed E-state index contributed by atoms with van der Waals surface area (Å²) in [5, 5.41) is 5.06. The molecule has 1 heterocycles. The molecule has 0 aliphatic carbocycles. The van der Waals surface area contributed by atoms with Gasteiger partial charge in [-0.1, -0.05) is 54.8 Å². The van der Waals surface area contributed by atoms with E-state index in [1.165, 1.54) is 16.4 Å². The van der Waals surface area contributed by atoms with Crippen LogP contribution in [0.3, 0.4) is 0 Å². The summed E-state index contributed by atoms with van der Waals surface area (Å²) >= 11 is 6.23. The second kappa shape index (κ2) is 8.76. The summed E-state index contributed by atoms with van der Waals surface area (Å²) in [5.41, 5.74) is 0.895. The molecule has 156 valence electrons. The Hall–Kier alpha value is -2.41. The van der Waals surface area contributed by atoms with E-state index in [1.54, 1.807) is 6.07 Å². The van der Waals surface area contributed by atoms with Crippen LogP contribution >= 0.6 is 11.6 Å². The number of nitrogens with zero attached hydrogens (tertiary/aromatic N) is 1. The van der Waals surface area contributed by atoms with E-state index in [4.69, 9.17) is 11.6 Å². The van der Waals surface area contributed by atoms with Crippen molar-refractivity contribution in [1.29, 1.82) is 0 Å². The monoisotopic (exact) mass is 442 g/mol. The Morgan fingerprint density at radius 3 is 2.30 bits per heavy atom. The lowest BCUT2D eigenvalue weighted by atomic mass is 10.1. The summed E-state index contributed by atoms with van der Waals surface area (Å²) in [6.45, 7) is 0.957. The van der Waals surface area contributed by atoms with Crippen LogP contribution in [-0.4, -0.2) is 31.7 Å². The van der Waals surface area contributed by atoms with Gasteiger partial charge >= 0.3 is 0 Å². The SMILES string of the molecule is O=C(Nc1ccc2ccccc2c1)c1ccc(Cl)c(S(=O)(=O)N2CCCCCC2)c1. The molecule has 0 saturated carbocycles. The van der Waals surface area contributed by atoms with Gasteiger partial charge in [0.2, 0.25) is 10.0 Å². The quantitative estimate of drug-likeness (QED) is 0.595. The summed E-state index contributed by atoms with van der Waals surface area (Å²) in [5.74, 6) is -0.380. The smallest absolute Gasteiger partial charge is 0.255 e. The summed E-state index contributed by atoms with van der Waals surface area (Å²) in [6.07, 6.45) is 3.71. The van der Waals surface area contributed by atoms with Gasteiger partial charge in [0.15, 0.2) is 0 Å². The average molecular weight is 443 g/mol. The Kier molecular flexibility index (Phi) is 6.09. The molecule has 1 fully saturated rings. The van der Waals surface area contributed by atoms with E-state index in [1.807, 2.05) is 42.5 Å². The highest BCUT2D eigenvalue weighted by molar-refractivity contribution is 7.89. The van der Waals surface area contributed by atoms with Gasteiger partial charge in [0.1, 0.15) is 4.90 Å². The zero-order chi connectivity index (χ0) is 21.1. The maximum atomic E-state index is 13.2. The van der Waals surface area contributed by atoms with Gasteiger partial charge in [0.25, 0.3) is 5.91 Å². The second-order valence-corrected chi connectivity index (χ2v) is 9.79. The van der Waals surface area contributed by atoms with Crippen molar-refractivity contribution in [1.82, 2.24) is 4.31 Å². The van der Waals surface area contributed by atoms with Crippen LogP contribution in [0.1, 0.15) is 36.0 Å². The van der Waals surface area contributed by atoms with Crippen molar-refractivity contribution in [3.63, 3.8) is 0 Å². The fourth-order valence-electron chi connectivity index (χ4n) is 3.73. The third-order valence-corrected chi connectivity index (χ3v) is 7.76. The number of hydrogen-bond donors (Lipinski definition) is 1. The molecule has 1 N–H and O–H groups in total. The molecule has 0 radical (unpaired) electrons. The molecular formula is C23H23ClN2O3S. The molecule has 3 aromatic rings. The first-order chi connectivity index (χ1) is 14.4. The van der Waals surface area contributed by atoms with Gasteiger partial charge in [-0.15, -0.1) is 0 Å². The predicted molar refractivity (Wildman–Crippen MR) is 121 cm³/mol. The lowest BCUT2D eigenvalue weighted by molar-refractivity contribution is 0.102. The number of fused-ring (bicyclic) bond motifs is 1. The van der Waals surface area contributed by atoms with Gasteiger partial charge in [0, 0.05) is 24.3 Å². The molecule has 7 heteroatoms. The van der Waals surface area contributed by atoms with Crippen LogP contribution in [0, 0.1) is 0 Å². The minimum absolute atomic E-state index is 0.0165. The van der Waals surface area contributed by atoms with E-state index < -0.39 is 10.0 Å². The molecular weight excluding hydrogens is 420 g/mol. The van der Waals surface area contributed by atoms with E-state index >= 15 is 0 Å². The van der Waals surface area contributed by atoms with Crippen LogP contribution in [0.25, 0.3) is 10.8 Å². The Bertz CT molecular complexity index is 1190. The molecule has 1 saturated heterocycles. The normalized spacial score (nSPS) is 15.6. The van der Waals surface area contributed by atoms with Gasteiger partial charge < -0.3 is 5.32 Å². The van der Waals surface area contributed by atoms with Crippen LogP contribution in [0.5, 0.6) is 0 Å². The maximum Gasteiger partial charge on any atom is 0.255 e. The van der Waals surface area contributed by atoms with Crippen molar-refractivity contribution >= 4 is 44.0 Å². The number of sulfonamides is 1. The number of hydrogen-bond acceptors (Lipinski definition) is 3. The van der Waals surface area contributed by atoms with E-state index in [-0.39, 0.29) is 21.4 Å². The molecule has 3 aromatic carbocycles. The Balaban J connectivity index is 1.60. The van der Waals surface area contributed by atoms with Crippen molar-refractivity contribution in [3.05, 3.63) is 71.2 Å². The molecule has 1 aliphatic heterocycles. The number of benzene rings is 3. The minimum atomic E-state index is -3.75. The van der Waals surface area contributed by atoms with Crippen molar-refractivity contribution in [2.75, 3.05) is 18.4 Å². The number of carbonyl (C=O) groups excluding carboxylic acids is 1. The number of carbonyl (C=O) groups is 1. The highest BCUT2D eigenvalue weighted by Gasteiger charge is 2.28. The highest BCUT2D eigenvalue weighted by Crippen LogP contribution is 2.28. The minimum Gasteiger partial charge on any atom is -0.322 e. The van der Waals surface area contributed by atoms with Crippen LogP contribution in [0.2, 0.25) is 5.02 Å². The third kappa shape index (κ3) is 4.36. The van der Waals surface area contributed by atoms with Crippen molar-refractivity contribution in [2.45, 2.75) is 30.6 Å². The number of rotatable bonds is 4. The van der Waals surface area contributed by atoms with Crippen LogP contribution in [-0.2, 0) is 10.0 Å². The summed E-state index contributed by atoms with van der Waals surface area (Å²) in [7, 11) is -3.75. The zero-order valence-corrected chi connectivity index (χ0v) is 18.0. The average Bonchev–Trinajstić information content (AvgIpc) is 3.04. The number of nitrogens with one attached hydrogen (secondary N) is 1. The van der Waals surface area contributed by atoms with Crippen LogP contribution < -0.4 is 5.32 Å². The van der Waals surface area contributed by atoms with Crippen molar-refractivity contribution in [3.8, 4) is 0 Å². The molecule has 0 aromatic heterocycles.